The minimum Gasteiger partial charge on any atom is -0.491 e. The number of ether oxygens (including phenoxy) is 3. The van der Waals surface area contributed by atoms with Crippen molar-refractivity contribution in [2.24, 2.45) is 0 Å². The van der Waals surface area contributed by atoms with E-state index in [9.17, 15) is 4.79 Å². The fourth-order valence-electron chi connectivity index (χ4n) is 2.47. The molecule has 28 heavy (non-hydrogen) atoms. The van der Waals surface area contributed by atoms with Crippen LogP contribution in [0.15, 0.2) is 73.1 Å². The van der Waals surface area contributed by atoms with Gasteiger partial charge in [-0.15, -0.1) is 0 Å². The molecule has 6 heteroatoms. The van der Waals surface area contributed by atoms with Crippen molar-refractivity contribution in [1.82, 2.24) is 4.98 Å². The summed E-state index contributed by atoms with van der Waals surface area (Å²) in [5.74, 6) is 1.92. The fraction of sp³-hybridized carbons (Fsp3) is 0.182. The Hall–Kier alpha value is -3.38. The number of aromatic nitrogens is 1. The summed E-state index contributed by atoms with van der Waals surface area (Å²) >= 11 is 0. The molecule has 6 nitrogen and oxygen atoms in total. The Balaban J connectivity index is 1.40. The van der Waals surface area contributed by atoms with Gasteiger partial charge in [-0.2, -0.15) is 0 Å². The molecule has 0 saturated carbocycles. The second kappa shape index (κ2) is 10.1. The largest absolute Gasteiger partial charge is 0.491 e. The highest BCUT2D eigenvalue weighted by atomic mass is 16.5. The Bertz CT molecular complexity index is 886. The maximum absolute atomic E-state index is 12.0. The van der Waals surface area contributed by atoms with Crippen LogP contribution in [0.25, 0.3) is 0 Å². The predicted octanol–water partition coefficient (Wildman–Crippen LogP) is 4.22. The first-order valence-electron chi connectivity index (χ1n) is 8.95. The van der Waals surface area contributed by atoms with E-state index in [0.717, 1.165) is 11.3 Å². The molecule has 1 amide bonds. The molecule has 3 aromatic rings. The van der Waals surface area contributed by atoms with E-state index in [4.69, 9.17) is 14.2 Å². The molecule has 3 rings (SSSR count). The van der Waals surface area contributed by atoms with E-state index in [2.05, 4.69) is 10.3 Å². The number of pyridine rings is 1. The number of hydrogen-bond acceptors (Lipinski definition) is 5. The van der Waals surface area contributed by atoms with Crippen molar-refractivity contribution in [2.45, 2.75) is 6.92 Å². The number of nitrogens with one attached hydrogen (secondary N) is 1. The van der Waals surface area contributed by atoms with Gasteiger partial charge in [0.25, 0.3) is 0 Å². The molecule has 0 aliphatic carbocycles. The third-order valence-electron chi connectivity index (χ3n) is 3.79. The van der Waals surface area contributed by atoms with Crippen molar-refractivity contribution >= 4 is 11.6 Å². The van der Waals surface area contributed by atoms with E-state index in [0.29, 0.717) is 30.4 Å². The van der Waals surface area contributed by atoms with Gasteiger partial charge in [-0.1, -0.05) is 18.2 Å². The van der Waals surface area contributed by atoms with Crippen molar-refractivity contribution < 1.29 is 19.0 Å². The van der Waals surface area contributed by atoms with Crippen LogP contribution in [0.5, 0.6) is 17.2 Å². The fourth-order valence-corrected chi connectivity index (χ4v) is 2.47. The van der Waals surface area contributed by atoms with Gasteiger partial charge in [-0.3, -0.25) is 9.78 Å². The first-order chi connectivity index (χ1) is 13.7. The van der Waals surface area contributed by atoms with Gasteiger partial charge < -0.3 is 19.5 Å². The highest BCUT2D eigenvalue weighted by Crippen LogP contribution is 2.26. The molecule has 0 atom stereocenters. The maximum Gasteiger partial charge on any atom is 0.250 e. The van der Waals surface area contributed by atoms with Crippen LogP contribution in [0.4, 0.5) is 5.69 Å². The first-order valence-corrected chi connectivity index (χ1v) is 8.95. The third-order valence-corrected chi connectivity index (χ3v) is 3.79. The monoisotopic (exact) mass is 378 g/mol. The number of carbonyl (C=O) groups excluding carboxylic acids is 1. The molecular formula is C22H22N2O4. The van der Waals surface area contributed by atoms with Crippen molar-refractivity contribution in [2.75, 3.05) is 25.1 Å². The number of amides is 1. The van der Waals surface area contributed by atoms with Crippen molar-refractivity contribution in [1.29, 1.82) is 0 Å². The highest BCUT2D eigenvalue weighted by Gasteiger charge is 2.06. The summed E-state index contributed by atoms with van der Waals surface area (Å²) in [5.41, 5.74) is 1.59. The molecular weight excluding hydrogens is 356 g/mol. The highest BCUT2D eigenvalue weighted by molar-refractivity contribution is 5.91. The Labute approximate surface area is 164 Å². The van der Waals surface area contributed by atoms with Crippen LogP contribution in [0, 0.1) is 6.92 Å². The zero-order valence-electron chi connectivity index (χ0n) is 15.6. The number of para-hydroxylation sites is 1. The number of anilines is 1. The summed E-state index contributed by atoms with van der Waals surface area (Å²) in [6.07, 6.45) is 3.34. The number of hydrogen-bond donors (Lipinski definition) is 1. The third kappa shape index (κ3) is 6.10. The lowest BCUT2D eigenvalue weighted by molar-refractivity contribution is -0.120. The van der Waals surface area contributed by atoms with E-state index in [1.807, 2.05) is 61.5 Å². The van der Waals surface area contributed by atoms with E-state index in [-0.39, 0.29) is 12.5 Å². The molecule has 1 aromatic heterocycles. The number of carbonyl (C=O) groups is 1. The lowest BCUT2D eigenvalue weighted by Gasteiger charge is -2.11. The molecule has 1 heterocycles. The Morgan fingerprint density at radius 2 is 1.82 bits per heavy atom. The van der Waals surface area contributed by atoms with Gasteiger partial charge in [0.05, 0.1) is 12.8 Å². The standard InChI is InChI=1S/C22H22N2O4/c1-17-14-18(9-10-21(17)28-20-8-5-11-23-15-20)24-22(25)16-26-12-13-27-19-6-3-2-4-7-19/h2-11,14-15H,12-13,16H2,1H3,(H,24,25). The van der Waals surface area contributed by atoms with Crippen LogP contribution in [-0.4, -0.2) is 30.7 Å². The summed E-state index contributed by atoms with van der Waals surface area (Å²) in [6, 6.07) is 18.6. The Kier molecular flexibility index (Phi) is 6.98. The molecule has 0 bridgehead atoms. The van der Waals surface area contributed by atoms with Crippen LogP contribution in [0.1, 0.15) is 5.56 Å². The SMILES string of the molecule is Cc1cc(NC(=O)COCCOc2ccccc2)ccc1Oc1cccnc1. The lowest BCUT2D eigenvalue weighted by Crippen LogP contribution is -2.20. The van der Waals surface area contributed by atoms with Gasteiger partial charge in [-0.05, 0) is 55.0 Å². The van der Waals surface area contributed by atoms with Gasteiger partial charge in [0, 0.05) is 11.9 Å². The molecule has 0 radical (unpaired) electrons. The lowest BCUT2D eigenvalue weighted by atomic mass is 10.2. The molecule has 1 N–H and O–H groups in total. The van der Waals surface area contributed by atoms with Crippen LogP contribution in [0.3, 0.4) is 0 Å². The summed E-state index contributed by atoms with van der Waals surface area (Å²) in [7, 11) is 0. The van der Waals surface area contributed by atoms with Crippen molar-refractivity contribution in [3.63, 3.8) is 0 Å². The van der Waals surface area contributed by atoms with Crippen LogP contribution in [-0.2, 0) is 9.53 Å². The number of aryl methyl sites for hydroxylation is 1. The molecule has 144 valence electrons. The second-order valence-electron chi connectivity index (χ2n) is 6.03. The molecule has 0 fully saturated rings. The smallest absolute Gasteiger partial charge is 0.250 e. The van der Waals surface area contributed by atoms with Gasteiger partial charge in [-0.25, -0.2) is 0 Å². The molecule has 2 aromatic carbocycles. The van der Waals surface area contributed by atoms with E-state index in [1.165, 1.54) is 0 Å². The molecule has 0 spiro atoms. The number of rotatable bonds is 9. The quantitative estimate of drug-likeness (QED) is 0.565. The maximum atomic E-state index is 12.0. The van der Waals surface area contributed by atoms with Crippen LogP contribution in [0.2, 0.25) is 0 Å². The van der Waals surface area contributed by atoms with Gasteiger partial charge in [0.1, 0.15) is 30.5 Å². The Morgan fingerprint density at radius 3 is 2.57 bits per heavy atom. The summed E-state index contributed by atoms with van der Waals surface area (Å²) in [4.78, 5) is 16.0. The van der Waals surface area contributed by atoms with Crippen molar-refractivity contribution in [3.8, 4) is 17.2 Å². The zero-order valence-corrected chi connectivity index (χ0v) is 15.6. The van der Waals surface area contributed by atoms with E-state index >= 15 is 0 Å². The topological polar surface area (TPSA) is 69.7 Å². The molecule has 0 unspecified atom stereocenters. The normalized spacial score (nSPS) is 10.3. The average Bonchev–Trinajstić information content (AvgIpc) is 2.71. The van der Waals surface area contributed by atoms with E-state index in [1.54, 1.807) is 18.5 Å². The summed E-state index contributed by atoms with van der Waals surface area (Å²) in [5, 5.41) is 2.81. The van der Waals surface area contributed by atoms with Crippen LogP contribution < -0.4 is 14.8 Å². The first kappa shape index (κ1) is 19.4. The van der Waals surface area contributed by atoms with Crippen LogP contribution >= 0.6 is 0 Å². The van der Waals surface area contributed by atoms with Gasteiger partial charge in [0.2, 0.25) is 5.91 Å². The second-order valence-corrected chi connectivity index (χ2v) is 6.03. The predicted molar refractivity (Wildman–Crippen MR) is 107 cm³/mol. The minimum atomic E-state index is -0.222. The minimum absolute atomic E-state index is 0.0366. The zero-order chi connectivity index (χ0) is 19.6. The molecule has 0 saturated heterocycles. The average molecular weight is 378 g/mol. The van der Waals surface area contributed by atoms with Gasteiger partial charge >= 0.3 is 0 Å². The summed E-state index contributed by atoms with van der Waals surface area (Å²) < 4.78 is 16.6. The van der Waals surface area contributed by atoms with E-state index < -0.39 is 0 Å². The van der Waals surface area contributed by atoms with Crippen molar-refractivity contribution in [3.05, 3.63) is 78.6 Å². The number of benzene rings is 2. The number of nitrogens with zero attached hydrogens (tertiary/aromatic N) is 1. The Morgan fingerprint density at radius 1 is 1.00 bits per heavy atom. The molecule has 0 aliphatic rings. The summed E-state index contributed by atoms with van der Waals surface area (Å²) in [6.45, 7) is 2.60. The molecule has 0 aliphatic heterocycles. The van der Waals surface area contributed by atoms with Gasteiger partial charge in [0.15, 0.2) is 0 Å².